The number of amides is 1. The van der Waals surface area contributed by atoms with Crippen molar-refractivity contribution in [2.45, 2.75) is 46.0 Å². The minimum Gasteiger partial charge on any atom is -0.462 e. The minimum atomic E-state index is -0.614. The minimum absolute atomic E-state index is 0.0926. The first-order chi connectivity index (χ1) is 9.60. The van der Waals surface area contributed by atoms with Crippen molar-refractivity contribution in [3.05, 3.63) is 29.8 Å². The molecule has 2 rings (SSSR count). The number of benzene rings is 1. The van der Waals surface area contributed by atoms with Gasteiger partial charge in [0.1, 0.15) is 5.75 Å². The fourth-order valence-electron chi connectivity index (χ4n) is 2.48. The zero-order valence-corrected chi connectivity index (χ0v) is 12.5. The summed E-state index contributed by atoms with van der Waals surface area (Å²) in [6.07, 6.45) is 1.45. The van der Waals surface area contributed by atoms with Gasteiger partial charge in [-0.1, -0.05) is 25.1 Å². The Bertz CT molecular complexity index is 475. The molecule has 1 aliphatic heterocycles. The van der Waals surface area contributed by atoms with Crippen molar-refractivity contribution in [3.63, 3.8) is 0 Å². The molecule has 0 spiro atoms. The quantitative estimate of drug-likeness (QED) is 0.830. The molecule has 1 aromatic rings. The lowest BCUT2D eigenvalue weighted by molar-refractivity contribution is -0.213. The molecule has 1 aromatic carbocycles. The van der Waals surface area contributed by atoms with Crippen LogP contribution in [0.4, 0.5) is 0 Å². The Labute approximate surface area is 120 Å². The number of rotatable bonds is 5. The normalized spacial score (nSPS) is 20.9. The van der Waals surface area contributed by atoms with Gasteiger partial charge in [0.2, 0.25) is 11.7 Å². The highest BCUT2D eigenvalue weighted by Gasteiger charge is 2.36. The van der Waals surface area contributed by atoms with Crippen molar-refractivity contribution in [1.82, 2.24) is 4.90 Å². The van der Waals surface area contributed by atoms with E-state index >= 15 is 0 Å². The molecule has 0 saturated carbocycles. The molecule has 4 nitrogen and oxygen atoms in total. The molecule has 1 atom stereocenters. The van der Waals surface area contributed by atoms with E-state index in [-0.39, 0.29) is 5.91 Å². The monoisotopic (exact) mass is 277 g/mol. The molecule has 1 heterocycles. The van der Waals surface area contributed by atoms with Crippen molar-refractivity contribution < 1.29 is 14.3 Å². The van der Waals surface area contributed by atoms with Crippen molar-refractivity contribution in [2.75, 3.05) is 13.1 Å². The fraction of sp³-hybridized carbons (Fsp3) is 0.562. The second-order valence-corrected chi connectivity index (χ2v) is 5.11. The van der Waals surface area contributed by atoms with Gasteiger partial charge in [0, 0.05) is 38.4 Å². The van der Waals surface area contributed by atoms with Gasteiger partial charge < -0.3 is 14.4 Å². The summed E-state index contributed by atoms with van der Waals surface area (Å²) in [4.78, 5) is 13.3. The van der Waals surface area contributed by atoms with Crippen LogP contribution in [-0.4, -0.2) is 29.7 Å². The number of nitrogens with zero attached hydrogens (tertiary/aromatic N) is 1. The van der Waals surface area contributed by atoms with Crippen LogP contribution >= 0.6 is 0 Å². The van der Waals surface area contributed by atoms with Gasteiger partial charge >= 0.3 is 0 Å². The molecule has 20 heavy (non-hydrogen) atoms. The lowest BCUT2D eigenvalue weighted by Gasteiger charge is -2.39. The summed E-state index contributed by atoms with van der Waals surface area (Å²) in [6, 6.07) is 7.95. The predicted molar refractivity (Wildman–Crippen MR) is 77.4 cm³/mol. The van der Waals surface area contributed by atoms with Crippen LogP contribution in [0.5, 0.6) is 5.75 Å². The number of hydrogen-bond donors (Lipinski definition) is 0. The smallest absolute Gasteiger partial charge is 0.219 e. The lowest BCUT2D eigenvalue weighted by Crippen LogP contribution is -2.45. The van der Waals surface area contributed by atoms with Crippen LogP contribution in [0.1, 0.15) is 39.2 Å². The summed E-state index contributed by atoms with van der Waals surface area (Å²) >= 11 is 0. The predicted octanol–water partition coefficient (Wildman–Crippen LogP) is 2.96. The first kappa shape index (κ1) is 14.9. The van der Waals surface area contributed by atoms with Crippen molar-refractivity contribution >= 4 is 5.91 Å². The van der Waals surface area contributed by atoms with Crippen LogP contribution in [0.3, 0.4) is 0 Å². The number of ether oxygens (including phenoxy) is 2. The molecule has 0 bridgehead atoms. The molecular weight excluding hydrogens is 254 g/mol. The molecule has 0 saturated heterocycles. The fourth-order valence-corrected chi connectivity index (χ4v) is 2.48. The third-order valence-electron chi connectivity index (χ3n) is 3.89. The topological polar surface area (TPSA) is 38.8 Å². The van der Waals surface area contributed by atoms with Crippen molar-refractivity contribution in [3.8, 4) is 5.75 Å². The molecule has 0 aliphatic carbocycles. The Morgan fingerprint density at radius 3 is 2.75 bits per heavy atom. The SMILES string of the molecule is CCN(CCC1(CC)OCc2ccccc2O1)C(C)=O. The maximum Gasteiger partial charge on any atom is 0.219 e. The number of hydrogen-bond acceptors (Lipinski definition) is 3. The molecule has 0 N–H and O–H groups in total. The summed E-state index contributed by atoms with van der Waals surface area (Å²) < 4.78 is 12.0. The molecule has 1 aliphatic rings. The maximum atomic E-state index is 11.5. The van der Waals surface area contributed by atoms with E-state index in [0.29, 0.717) is 26.1 Å². The molecule has 4 heteroatoms. The van der Waals surface area contributed by atoms with Crippen molar-refractivity contribution in [1.29, 1.82) is 0 Å². The summed E-state index contributed by atoms with van der Waals surface area (Å²) in [6.45, 7) is 7.57. The highest BCUT2D eigenvalue weighted by atomic mass is 16.7. The van der Waals surface area contributed by atoms with Gasteiger partial charge in [0.25, 0.3) is 0 Å². The lowest BCUT2D eigenvalue weighted by atomic mass is 10.1. The second-order valence-electron chi connectivity index (χ2n) is 5.11. The van der Waals surface area contributed by atoms with Gasteiger partial charge in [-0.2, -0.15) is 0 Å². The van der Waals surface area contributed by atoms with Gasteiger partial charge in [-0.25, -0.2) is 0 Å². The van der Waals surface area contributed by atoms with Gasteiger partial charge in [-0.05, 0) is 13.0 Å². The summed E-state index contributed by atoms with van der Waals surface area (Å²) in [5, 5.41) is 0. The number of carbonyl (C=O) groups is 1. The molecule has 0 radical (unpaired) electrons. The third-order valence-corrected chi connectivity index (χ3v) is 3.89. The van der Waals surface area contributed by atoms with E-state index in [1.165, 1.54) is 0 Å². The third kappa shape index (κ3) is 3.12. The Kier molecular flexibility index (Phi) is 4.65. The number of para-hydroxylation sites is 1. The van der Waals surface area contributed by atoms with Crippen LogP contribution < -0.4 is 4.74 Å². The molecule has 0 fully saturated rings. The van der Waals surface area contributed by atoms with Crippen LogP contribution in [-0.2, 0) is 16.1 Å². The highest BCUT2D eigenvalue weighted by Crippen LogP contribution is 2.35. The summed E-state index contributed by atoms with van der Waals surface area (Å²) in [5.41, 5.74) is 1.08. The second kappa shape index (κ2) is 6.27. The number of fused-ring (bicyclic) bond motifs is 1. The highest BCUT2D eigenvalue weighted by molar-refractivity contribution is 5.73. The Balaban J connectivity index is 2.06. The van der Waals surface area contributed by atoms with Crippen LogP contribution in [0.15, 0.2) is 24.3 Å². The average Bonchev–Trinajstić information content (AvgIpc) is 2.47. The zero-order valence-electron chi connectivity index (χ0n) is 12.5. The van der Waals surface area contributed by atoms with Crippen LogP contribution in [0.25, 0.3) is 0 Å². The Morgan fingerprint density at radius 1 is 1.35 bits per heavy atom. The molecule has 1 amide bonds. The standard InChI is InChI=1S/C16H23NO3/c1-4-16(10-11-17(5-2)13(3)18)19-12-14-8-6-7-9-15(14)20-16/h6-9H,4-5,10-12H2,1-3H3. The average molecular weight is 277 g/mol. The summed E-state index contributed by atoms with van der Waals surface area (Å²) in [7, 11) is 0. The zero-order chi connectivity index (χ0) is 14.6. The van der Waals surface area contributed by atoms with E-state index < -0.39 is 5.79 Å². The van der Waals surface area contributed by atoms with Crippen LogP contribution in [0.2, 0.25) is 0 Å². The van der Waals surface area contributed by atoms with Crippen molar-refractivity contribution in [2.24, 2.45) is 0 Å². The largest absolute Gasteiger partial charge is 0.462 e. The first-order valence-electron chi connectivity index (χ1n) is 7.26. The van der Waals surface area contributed by atoms with E-state index in [1.54, 1.807) is 6.92 Å². The first-order valence-corrected chi connectivity index (χ1v) is 7.26. The molecule has 1 unspecified atom stereocenters. The van der Waals surface area contributed by atoms with E-state index in [4.69, 9.17) is 9.47 Å². The molecule has 110 valence electrons. The summed E-state index contributed by atoms with van der Waals surface area (Å²) in [5.74, 6) is 0.374. The Morgan fingerprint density at radius 2 is 2.10 bits per heavy atom. The molecular formula is C16H23NO3. The van der Waals surface area contributed by atoms with Gasteiger partial charge in [-0.15, -0.1) is 0 Å². The molecule has 0 aromatic heterocycles. The van der Waals surface area contributed by atoms with E-state index in [9.17, 15) is 4.79 Å². The Hall–Kier alpha value is -1.55. The van der Waals surface area contributed by atoms with E-state index in [2.05, 4.69) is 6.92 Å². The van der Waals surface area contributed by atoms with E-state index in [1.807, 2.05) is 36.1 Å². The van der Waals surface area contributed by atoms with Crippen LogP contribution in [0, 0.1) is 0 Å². The van der Waals surface area contributed by atoms with E-state index in [0.717, 1.165) is 17.7 Å². The van der Waals surface area contributed by atoms with Gasteiger partial charge in [0.15, 0.2) is 0 Å². The maximum absolute atomic E-state index is 11.5. The van der Waals surface area contributed by atoms with Gasteiger partial charge in [0.05, 0.1) is 6.61 Å². The van der Waals surface area contributed by atoms with Gasteiger partial charge in [-0.3, -0.25) is 4.79 Å². The number of carbonyl (C=O) groups excluding carboxylic acids is 1.